The zero-order valence-corrected chi connectivity index (χ0v) is 45.6. The van der Waals surface area contributed by atoms with Gasteiger partial charge in [-0.3, -0.25) is 14.4 Å². The van der Waals surface area contributed by atoms with Crippen LogP contribution in [0.25, 0.3) is 21.9 Å². The Morgan fingerprint density at radius 2 is 1.14 bits per heavy atom. The van der Waals surface area contributed by atoms with Crippen LogP contribution >= 0.6 is 8.25 Å². The van der Waals surface area contributed by atoms with Crippen LogP contribution in [0.2, 0.25) is 0 Å². The Morgan fingerprint density at radius 1 is 0.679 bits per heavy atom. The first-order valence-electron chi connectivity index (χ1n) is 23.3. The number of rotatable bonds is 26. The molecule has 2 unspecified atom stereocenters. The maximum Gasteiger partial charge on any atom is 0.521 e. The zero-order chi connectivity index (χ0) is 58.0. The number of Topliss-reactive ketones (excluding diaryl/α,β-unsaturated/α-hetero) is 1. The lowest BCUT2D eigenvalue weighted by molar-refractivity contribution is -0.244. The van der Waals surface area contributed by atoms with E-state index in [1.807, 2.05) is 6.92 Å². The summed E-state index contributed by atoms with van der Waals surface area (Å²) in [7, 11) is 6.14. The van der Waals surface area contributed by atoms with Crippen LogP contribution in [0.3, 0.4) is 0 Å². The number of hydrogen-bond donors (Lipinski definition) is 5. The predicted molar refractivity (Wildman–Crippen MR) is 284 cm³/mol. The molecule has 438 valence electrons. The van der Waals surface area contributed by atoms with Crippen molar-refractivity contribution in [1.82, 2.24) is 0 Å². The summed E-state index contributed by atoms with van der Waals surface area (Å²) in [6.45, 7) is 10.9. The number of phenolic OH excluding ortho intramolecular Hbond substituents is 4. The fraction of sp³-hybridized carbons (Fsp3) is 0.481. The molecule has 26 heteroatoms. The number of methoxy groups -OCH3 is 6. The van der Waals surface area contributed by atoms with Gasteiger partial charge in [0.1, 0.15) is 57.5 Å². The summed E-state index contributed by atoms with van der Waals surface area (Å²) in [6, 6.07) is 8.30. The third-order valence-corrected chi connectivity index (χ3v) is 10.6. The number of aldehydes is 1. The second-order valence-electron chi connectivity index (χ2n) is 15.6. The lowest BCUT2D eigenvalue weighted by Crippen LogP contribution is -2.26. The lowest BCUT2D eigenvalue weighted by Gasteiger charge is -2.13. The topological polar surface area (TPSA) is 354 Å². The van der Waals surface area contributed by atoms with Gasteiger partial charge in [-0.2, -0.15) is 0 Å². The predicted octanol–water partition coefficient (Wildman–Crippen LogP) is 6.14. The highest BCUT2D eigenvalue weighted by molar-refractivity contribution is 7.30. The van der Waals surface area contributed by atoms with E-state index in [1.54, 1.807) is 35.2 Å². The van der Waals surface area contributed by atoms with Gasteiger partial charge in [0.2, 0.25) is 0 Å². The third kappa shape index (κ3) is 24.3. The number of ether oxygens (including phenoxy) is 10. The molecule has 0 aliphatic carbocycles. The molecule has 0 aliphatic rings. The third-order valence-electron chi connectivity index (χ3n) is 10.5. The smallest absolute Gasteiger partial charge is 0.521 e. The van der Waals surface area contributed by atoms with Gasteiger partial charge in [0.05, 0.1) is 97.1 Å². The highest BCUT2D eigenvalue weighted by Gasteiger charge is 2.24. The molecule has 5 aromatic rings. The summed E-state index contributed by atoms with van der Waals surface area (Å²) in [5, 5.41) is 45.5. The fourth-order valence-corrected chi connectivity index (χ4v) is 6.76. The van der Waals surface area contributed by atoms with Crippen molar-refractivity contribution in [2.75, 3.05) is 109 Å². The van der Waals surface area contributed by atoms with Crippen LogP contribution in [0.1, 0.15) is 61.7 Å². The number of phenols is 4. The van der Waals surface area contributed by atoms with Crippen molar-refractivity contribution in [3.05, 3.63) is 85.1 Å². The summed E-state index contributed by atoms with van der Waals surface area (Å²) in [6.07, 6.45) is 1.61. The molecule has 5 N–H and O–H groups in total. The largest absolute Gasteiger partial charge is 0.565 e. The average molecular weight is 1130 g/mol. The van der Waals surface area contributed by atoms with Crippen molar-refractivity contribution in [3.8, 4) is 40.2 Å². The summed E-state index contributed by atoms with van der Waals surface area (Å²) in [5.74, 6) is -0.434. The van der Waals surface area contributed by atoms with Crippen LogP contribution in [-0.2, 0) is 64.8 Å². The first-order valence-corrected chi connectivity index (χ1v) is 24.4. The van der Waals surface area contributed by atoms with Crippen LogP contribution in [0, 0.1) is 19.8 Å². The van der Waals surface area contributed by atoms with Crippen molar-refractivity contribution in [2.24, 2.45) is 5.92 Å². The molecule has 25 nitrogen and oxygen atoms in total. The Bertz CT molecular complexity index is 2720. The zero-order valence-electron chi connectivity index (χ0n) is 44.7. The number of fused-ring (bicyclic) bond motifs is 2. The Labute approximate surface area is 453 Å². The molecule has 5 rings (SSSR count). The normalized spacial score (nSPS) is 10.9. The Hall–Kier alpha value is -6.77. The molecule has 0 saturated heterocycles. The molecule has 0 bridgehead atoms. The van der Waals surface area contributed by atoms with Gasteiger partial charge in [0.25, 0.3) is 0 Å². The number of aromatic hydroxyl groups is 4. The second kappa shape index (κ2) is 39.6. The SMILES string of the molecule is C.CCOC(=O)C(CCOCCOC)C(C)=O.COCCOCCc1c(C)c2c(OC)cc(O)c(C=O)c2oc1=O.COCCOCCc1c(C)c2c(OC)cc(O)cc2oc1=O.COc1cc(O)cc(O)c1.O=[P+]([O-])OO.[HH]. The van der Waals surface area contributed by atoms with Crippen LogP contribution in [-0.4, -0.2) is 152 Å². The van der Waals surface area contributed by atoms with Gasteiger partial charge in [-0.05, 0) is 49.8 Å². The number of hydrogen-bond acceptors (Lipinski definition) is 25. The van der Waals surface area contributed by atoms with Gasteiger partial charge < -0.3 is 81.5 Å². The molecule has 2 heterocycles. The van der Waals surface area contributed by atoms with Crippen molar-refractivity contribution >= 4 is 48.2 Å². The monoisotopic (exact) mass is 1130 g/mol. The molecule has 0 saturated carbocycles. The van der Waals surface area contributed by atoms with Crippen LogP contribution < -0.4 is 30.4 Å². The molecule has 0 spiro atoms. The average Bonchev–Trinajstić information content (AvgIpc) is 3.40. The minimum Gasteiger partial charge on any atom is -0.565 e. The summed E-state index contributed by atoms with van der Waals surface area (Å²) < 4.78 is 72.9. The lowest BCUT2D eigenvalue weighted by atomic mass is 10.0. The molecular formula is C52H75O25P. The molecule has 78 heavy (non-hydrogen) atoms. The number of benzene rings is 3. The van der Waals surface area contributed by atoms with Crippen LogP contribution in [0.4, 0.5) is 0 Å². The molecule has 2 atom stereocenters. The van der Waals surface area contributed by atoms with Gasteiger partial charge in [0.15, 0.2) is 11.9 Å². The summed E-state index contributed by atoms with van der Waals surface area (Å²) >= 11 is 0. The van der Waals surface area contributed by atoms with E-state index >= 15 is 0 Å². The van der Waals surface area contributed by atoms with Crippen molar-refractivity contribution in [2.45, 2.75) is 54.4 Å². The molecule has 2 aromatic heterocycles. The van der Waals surface area contributed by atoms with Crippen molar-refractivity contribution < 1.29 is 112 Å². The Kier molecular flexibility index (Phi) is 36.1. The number of carbonyl (C=O) groups excluding carboxylic acids is 3. The van der Waals surface area contributed by atoms with E-state index in [2.05, 4.69) is 4.67 Å². The van der Waals surface area contributed by atoms with E-state index in [0.29, 0.717) is 135 Å². The molecule has 0 amide bonds. The summed E-state index contributed by atoms with van der Waals surface area (Å²) in [5.41, 5.74) is 1.68. The molecule has 0 radical (unpaired) electrons. The van der Waals surface area contributed by atoms with E-state index < -0.39 is 31.4 Å². The first kappa shape index (κ1) is 71.2. The van der Waals surface area contributed by atoms with E-state index in [-0.39, 0.29) is 55.4 Å². The molecule has 3 aromatic carbocycles. The van der Waals surface area contributed by atoms with E-state index in [4.69, 9.17) is 81.1 Å². The number of ketones is 1. The Balaban J connectivity index is 0. The van der Waals surface area contributed by atoms with Crippen molar-refractivity contribution in [3.63, 3.8) is 0 Å². The van der Waals surface area contributed by atoms with E-state index in [1.165, 1.54) is 64.7 Å². The highest BCUT2D eigenvalue weighted by atomic mass is 31.1. The van der Waals surface area contributed by atoms with Gasteiger partial charge in [0, 0.05) is 94.4 Å². The van der Waals surface area contributed by atoms with Gasteiger partial charge >= 0.3 is 25.5 Å². The summed E-state index contributed by atoms with van der Waals surface area (Å²) in [4.78, 5) is 67.1. The standard InChI is InChI=1S/C17H20O7.C16H20O6.C11H20O5.C7H8O3.CH4.HO4P.H2/c1-10-11(4-5-23-7-6-21-2)17(20)24-16-12(9-18)13(19)8-14(22-3)15(10)16;1-10-12(4-5-21-7-6-19-2)16(18)22-14-9-11(17)8-13(20-3)15(10)14;1-4-16-11(13)10(9(2)12)5-6-15-8-7-14-3;1-10-7-3-5(8)2-6(9)4-7;;1-4-5(2)3;/h8-9,19H,4-7H2,1-3H3;8-9,17H,4-7H2,1-3H3;10H,4-8H2,1-3H3;2-4,8-9H,1H3;1H4;1H;1H. The number of aryl methyl sites for hydroxylation is 2. The van der Waals surface area contributed by atoms with E-state index in [9.17, 15) is 34.2 Å². The van der Waals surface area contributed by atoms with E-state index in [0.717, 1.165) is 5.56 Å². The Morgan fingerprint density at radius 3 is 1.58 bits per heavy atom. The van der Waals surface area contributed by atoms with Gasteiger partial charge in [-0.1, -0.05) is 7.43 Å². The maximum absolute atomic E-state index is 12.3. The minimum atomic E-state index is -3.04. The number of esters is 1. The second-order valence-corrected chi connectivity index (χ2v) is 16.2. The fourth-order valence-electron chi connectivity index (χ4n) is 6.76. The van der Waals surface area contributed by atoms with Gasteiger partial charge in [-0.15, -0.1) is 0 Å². The van der Waals surface area contributed by atoms with Crippen LogP contribution in [0.5, 0.6) is 40.2 Å². The number of carbonyl (C=O) groups is 3. The maximum atomic E-state index is 12.3. The van der Waals surface area contributed by atoms with Crippen molar-refractivity contribution in [1.29, 1.82) is 0 Å². The highest BCUT2D eigenvalue weighted by Crippen LogP contribution is 2.37. The quantitative estimate of drug-likeness (QED) is 0.00606. The molecule has 0 aliphatic heterocycles. The molecular weight excluding hydrogens is 1060 g/mol. The van der Waals surface area contributed by atoms with Gasteiger partial charge in [-0.25, -0.2) is 14.8 Å². The minimum absolute atomic E-state index is 0. The first-order chi connectivity index (χ1) is 36.7. The molecule has 0 fully saturated rings. The van der Waals surface area contributed by atoms with Crippen LogP contribution in [0.15, 0.2) is 54.8 Å².